The lowest BCUT2D eigenvalue weighted by molar-refractivity contribution is 0.288. The van der Waals surface area contributed by atoms with E-state index in [-0.39, 0.29) is 0 Å². The molecule has 0 amide bonds. The van der Waals surface area contributed by atoms with Gasteiger partial charge in [0.15, 0.2) is 11.5 Å². The first kappa shape index (κ1) is 14.8. The van der Waals surface area contributed by atoms with Crippen molar-refractivity contribution in [3.63, 3.8) is 0 Å². The third-order valence-electron chi connectivity index (χ3n) is 2.73. The molecule has 1 aromatic carbocycles. The Kier molecular flexibility index (Phi) is 4.98. The number of ether oxygens (including phenoxy) is 2. The van der Waals surface area contributed by atoms with Crippen molar-refractivity contribution >= 4 is 22.5 Å². The molecule has 1 aromatic heterocycles. The standard InChI is InChI=1S/C14H18ClN3O2/c1-3-19-11-7-9-10(8-12(11)20-4-2)17-13(5-6-16)18-14(9)15/h7-8H,3-6,16H2,1-2H3. The first-order valence-electron chi connectivity index (χ1n) is 6.65. The van der Waals surface area contributed by atoms with E-state index in [0.717, 1.165) is 10.9 Å². The molecule has 0 atom stereocenters. The van der Waals surface area contributed by atoms with Crippen molar-refractivity contribution in [1.82, 2.24) is 9.97 Å². The topological polar surface area (TPSA) is 70.3 Å². The maximum Gasteiger partial charge on any atom is 0.163 e. The molecule has 108 valence electrons. The summed E-state index contributed by atoms with van der Waals surface area (Å²) in [4.78, 5) is 8.70. The molecule has 0 aliphatic carbocycles. The van der Waals surface area contributed by atoms with Crippen molar-refractivity contribution in [3.8, 4) is 11.5 Å². The van der Waals surface area contributed by atoms with Crippen molar-refractivity contribution in [2.45, 2.75) is 20.3 Å². The minimum atomic E-state index is 0.405. The van der Waals surface area contributed by atoms with Gasteiger partial charge in [0.05, 0.1) is 18.7 Å². The van der Waals surface area contributed by atoms with Gasteiger partial charge < -0.3 is 15.2 Å². The van der Waals surface area contributed by atoms with Gasteiger partial charge in [0, 0.05) is 17.9 Å². The fraction of sp³-hybridized carbons (Fsp3) is 0.429. The molecule has 0 spiro atoms. The Labute approximate surface area is 123 Å². The van der Waals surface area contributed by atoms with Crippen LogP contribution in [0.25, 0.3) is 10.9 Å². The highest BCUT2D eigenvalue weighted by molar-refractivity contribution is 6.34. The molecule has 0 aliphatic heterocycles. The lowest BCUT2D eigenvalue weighted by Crippen LogP contribution is -2.07. The summed E-state index contributed by atoms with van der Waals surface area (Å²) in [5, 5.41) is 1.15. The number of benzene rings is 1. The fourth-order valence-electron chi connectivity index (χ4n) is 1.92. The first-order chi connectivity index (χ1) is 9.69. The Bertz CT molecular complexity index is 604. The van der Waals surface area contributed by atoms with E-state index in [0.29, 0.717) is 48.7 Å². The van der Waals surface area contributed by atoms with Crippen LogP contribution in [0.1, 0.15) is 19.7 Å². The second-order valence-corrected chi connectivity index (χ2v) is 4.51. The predicted octanol–water partition coefficient (Wildman–Crippen LogP) is 2.58. The molecule has 6 heteroatoms. The molecule has 0 bridgehead atoms. The Morgan fingerprint density at radius 3 is 2.35 bits per heavy atom. The smallest absolute Gasteiger partial charge is 0.163 e. The molecule has 0 fully saturated rings. The second kappa shape index (κ2) is 6.72. The number of rotatable bonds is 6. The van der Waals surface area contributed by atoms with Gasteiger partial charge >= 0.3 is 0 Å². The van der Waals surface area contributed by atoms with E-state index in [1.165, 1.54) is 0 Å². The van der Waals surface area contributed by atoms with Crippen LogP contribution in [-0.2, 0) is 6.42 Å². The van der Waals surface area contributed by atoms with Gasteiger partial charge in [-0.3, -0.25) is 0 Å². The molecule has 0 unspecified atom stereocenters. The molecule has 2 rings (SSSR count). The Hall–Kier alpha value is -1.59. The number of halogens is 1. The number of nitrogens with two attached hydrogens (primary N) is 1. The molecule has 0 saturated heterocycles. The van der Waals surface area contributed by atoms with Crippen molar-refractivity contribution < 1.29 is 9.47 Å². The molecule has 0 aliphatic rings. The van der Waals surface area contributed by atoms with Gasteiger partial charge in [-0.25, -0.2) is 9.97 Å². The zero-order valence-electron chi connectivity index (χ0n) is 11.6. The highest BCUT2D eigenvalue weighted by atomic mass is 35.5. The lowest BCUT2D eigenvalue weighted by atomic mass is 10.2. The monoisotopic (exact) mass is 295 g/mol. The molecule has 0 radical (unpaired) electrons. The third-order valence-corrected chi connectivity index (χ3v) is 3.02. The lowest BCUT2D eigenvalue weighted by Gasteiger charge is -2.12. The predicted molar refractivity (Wildman–Crippen MR) is 79.6 cm³/mol. The maximum atomic E-state index is 6.21. The number of hydrogen-bond acceptors (Lipinski definition) is 5. The molecule has 5 nitrogen and oxygen atoms in total. The number of hydrogen-bond donors (Lipinski definition) is 1. The first-order valence-corrected chi connectivity index (χ1v) is 7.03. The van der Waals surface area contributed by atoms with Crippen LogP contribution in [-0.4, -0.2) is 29.7 Å². The number of fused-ring (bicyclic) bond motifs is 1. The zero-order chi connectivity index (χ0) is 14.5. The quantitative estimate of drug-likeness (QED) is 0.830. The second-order valence-electron chi connectivity index (χ2n) is 4.15. The van der Waals surface area contributed by atoms with Crippen LogP contribution < -0.4 is 15.2 Å². The maximum absolute atomic E-state index is 6.21. The van der Waals surface area contributed by atoms with Crippen molar-refractivity contribution in [2.75, 3.05) is 19.8 Å². The highest BCUT2D eigenvalue weighted by Crippen LogP contribution is 2.34. The van der Waals surface area contributed by atoms with Gasteiger partial charge in [-0.05, 0) is 26.5 Å². The summed E-state index contributed by atoms with van der Waals surface area (Å²) >= 11 is 6.21. The van der Waals surface area contributed by atoms with Crippen LogP contribution in [0.15, 0.2) is 12.1 Å². The summed E-state index contributed by atoms with van der Waals surface area (Å²) in [6.45, 7) is 5.43. The van der Waals surface area contributed by atoms with E-state index in [2.05, 4.69) is 9.97 Å². The largest absolute Gasteiger partial charge is 0.490 e. The van der Waals surface area contributed by atoms with Crippen LogP contribution in [0.5, 0.6) is 11.5 Å². The van der Waals surface area contributed by atoms with Gasteiger partial charge in [-0.2, -0.15) is 0 Å². The van der Waals surface area contributed by atoms with Crippen LogP contribution >= 0.6 is 11.6 Å². The molecular formula is C14H18ClN3O2. The molecule has 2 aromatic rings. The van der Waals surface area contributed by atoms with Crippen LogP contribution in [0.4, 0.5) is 0 Å². The average Bonchev–Trinajstić information content (AvgIpc) is 2.41. The van der Waals surface area contributed by atoms with Gasteiger partial charge in [-0.15, -0.1) is 0 Å². The molecule has 1 heterocycles. The summed E-state index contributed by atoms with van der Waals surface area (Å²) in [5.74, 6) is 1.95. The van der Waals surface area contributed by atoms with E-state index in [4.69, 9.17) is 26.8 Å². The van der Waals surface area contributed by atoms with Crippen LogP contribution in [0.3, 0.4) is 0 Å². The van der Waals surface area contributed by atoms with Crippen molar-refractivity contribution in [1.29, 1.82) is 0 Å². The Morgan fingerprint density at radius 2 is 1.75 bits per heavy atom. The summed E-state index contributed by atoms with van der Waals surface area (Å²) in [7, 11) is 0. The Balaban J connectivity index is 2.57. The minimum Gasteiger partial charge on any atom is -0.490 e. The summed E-state index contributed by atoms with van der Waals surface area (Å²) < 4.78 is 11.2. The van der Waals surface area contributed by atoms with Gasteiger partial charge in [-0.1, -0.05) is 11.6 Å². The fourth-order valence-corrected chi connectivity index (χ4v) is 2.17. The Morgan fingerprint density at radius 1 is 1.10 bits per heavy atom. The number of aromatic nitrogens is 2. The van der Waals surface area contributed by atoms with E-state index in [9.17, 15) is 0 Å². The molecular weight excluding hydrogens is 278 g/mol. The van der Waals surface area contributed by atoms with Gasteiger partial charge in [0.25, 0.3) is 0 Å². The van der Waals surface area contributed by atoms with E-state index in [1.807, 2.05) is 26.0 Å². The van der Waals surface area contributed by atoms with Crippen molar-refractivity contribution in [2.24, 2.45) is 5.73 Å². The normalized spacial score (nSPS) is 10.8. The van der Waals surface area contributed by atoms with Crippen LogP contribution in [0.2, 0.25) is 5.15 Å². The van der Waals surface area contributed by atoms with Crippen LogP contribution in [0, 0.1) is 0 Å². The van der Waals surface area contributed by atoms with E-state index in [1.54, 1.807) is 0 Å². The SMILES string of the molecule is CCOc1cc2nc(CCN)nc(Cl)c2cc1OCC. The van der Waals surface area contributed by atoms with Crippen molar-refractivity contribution in [3.05, 3.63) is 23.1 Å². The van der Waals surface area contributed by atoms with E-state index >= 15 is 0 Å². The highest BCUT2D eigenvalue weighted by Gasteiger charge is 2.12. The minimum absolute atomic E-state index is 0.405. The zero-order valence-corrected chi connectivity index (χ0v) is 12.4. The van der Waals surface area contributed by atoms with Gasteiger partial charge in [0.1, 0.15) is 11.0 Å². The van der Waals surface area contributed by atoms with Gasteiger partial charge in [0.2, 0.25) is 0 Å². The molecule has 0 saturated carbocycles. The summed E-state index contributed by atoms with van der Waals surface area (Å²) in [5.41, 5.74) is 6.26. The summed E-state index contributed by atoms with van der Waals surface area (Å²) in [6, 6.07) is 3.65. The number of nitrogens with zero attached hydrogens (tertiary/aromatic N) is 2. The molecule has 2 N–H and O–H groups in total. The van der Waals surface area contributed by atoms with E-state index < -0.39 is 0 Å². The third kappa shape index (κ3) is 3.11. The average molecular weight is 296 g/mol. The molecule has 20 heavy (non-hydrogen) atoms. The summed E-state index contributed by atoms with van der Waals surface area (Å²) in [6.07, 6.45) is 0.590.